The van der Waals surface area contributed by atoms with Crippen LogP contribution in [0.1, 0.15) is 48.6 Å². The fourth-order valence-electron chi connectivity index (χ4n) is 5.25. The van der Waals surface area contributed by atoms with Crippen LogP contribution in [0, 0.1) is 0 Å². The molecule has 7 heteroatoms. The van der Waals surface area contributed by atoms with Gasteiger partial charge in [0, 0.05) is 12.1 Å². The van der Waals surface area contributed by atoms with E-state index in [2.05, 4.69) is 0 Å². The van der Waals surface area contributed by atoms with E-state index in [9.17, 15) is 14.7 Å². The van der Waals surface area contributed by atoms with Crippen molar-refractivity contribution in [2.75, 3.05) is 19.8 Å². The van der Waals surface area contributed by atoms with Crippen molar-refractivity contribution in [2.45, 2.75) is 39.3 Å². The molecule has 0 radical (unpaired) electrons. The van der Waals surface area contributed by atoms with Crippen LogP contribution in [-0.4, -0.2) is 41.5 Å². The van der Waals surface area contributed by atoms with Crippen molar-refractivity contribution in [3.63, 3.8) is 0 Å². The first-order valence-electron chi connectivity index (χ1n) is 15.0. The minimum absolute atomic E-state index is 0.0330. The number of hydrogen-bond donors (Lipinski definition) is 1. The van der Waals surface area contributed by atoms with Crippen molar-refractivity contribution in [1.29, 1.82) is 0 Å². The fraction of sp³-hybridized carbons (Fsp3) is 0.243. The highest BCUT2D eigenvalue weighted by Gasteiger charge is 2.46. The average Bonchev–Trinajstić information content (AvgIpc) is 3.32. The number of benzene rings is 4. The molecule has 1 heterocycles. The summed E-state index contributed by atoms with van der Waals surface area (Å²) in [7, 11) is 0. The van der Waals surface area contributed by atoms with Gasteiger partial charge in [-0.2, -0.15) is 0 Å². The number of nitrogens with zero attached hydrogens (tertiary/aromatic N) is 1. The van der Waals surface area contributed by atoms with E-state index < -0.39 is 17.7 Å². The van der Waals surface area contributed by atoms with Gasteiger partial charge in [-0.1, -0.05) is 73.7 Å². The molecule has 44 heavy (non-hydrogen) atoms. The van der Waals surface area contributed by atoms with E-state index in [1.807, 2.05) is 80.6 Å². The van der Waals surface area contributed by atoms with Gasteiger partial charge < -0.3 is 24.2 Å². The van der Waals surface area contributed by atoms with Crippen molar-refractivity contribution in [2.24, 2.45) is 0 Å². The number of likely N-dealkylation sites (tertiary alicyclic amines) is 1. The zero-order chi connectivity index (χ0) is 30.9. The molecule has 4 aromatic carbocycles. The first kappa shape index (κ1) is 30.4. The fourth-order valence-corrected chi connectivity index (χ4v) is 5.25. The molecule has 0 saturated carbocycles. The molecule has 0 aliphatic carbocycles. The molecule has 1 atom stereocenters. The number of rotatable bonds is 13. The van der Waals surface area contributed by atoms with Crippen LogP contribution in [0.4, 0.5) is 0 Å². The molecule has 1 saturated heterocycles. The van der Waals surface area contributed by atoms with Crippen LogP contribution in [0.3, 0.4) is 0 Å². The summed E-state index contributed by atoms with van der Waals surface area (Å²) < 4.78 is 17.7. The lowest BCUT2D eigenvalue weighted by atomic mass is 9.94. The quantitative estimate of drug-likeness (QED) is 0.101. The summed E-state index contributed by atoms with van der Waals surface area (Å²) in [5, 5.41) is 11.5. The second kappa shape index (κ2) is 14.4. The molecule has 1 unspecified atom stereocenters. The molecule has 1 aliphatic rings. The molecular weight excluding hydrogens is 554 g/mol. The summed E-state index contributed by atoms with van der Waals surface area (Å²) in [6, 6.07) is 31.1. The second-order valence-electron chi connectivity index (χ2n) is 10.5. The molecule has 0 spiro atoms. The number of amides is 1. The van der Waals surface area contributed by atoms with Gasteiger partial charge in [-0.25, -0.2) is 0 Å². The van der Waals surface area contributed by atoms with Crippen LogP contribution < -0.4 is 14.2 Å². The van der Waals surface area contributed by atoms with Gasteiger partial charge in [0.05, 0.1) is 24.8 Å². The number of ether oxygens (including phenoxy) is 3. The summed E-state index contributed by atoms with van der Waals surface area (Å²) in [6.45, 7) is 5.52. The maximum absolute atomic E-state index is 13.6. The Morgan fingerprint density at radius 3 is 2.11 bits per heavy atom. The lowest BCUT2D eigenvalue weighted by Gasteiger charge is -2.26. The maximum atomic E-state index is 13.6. The third-order valence-electron chi connectivity index (χ3n) is 7.45. The molecule has 1 aliphatic heterocycles. The summed E-state index contributed by atoms with van der Waals surface area (Å²) in [4.78, 5) is 28.6. The van der Waals surface area contributed by atoms with E-state index in [1.54, 1.807) is 36.4 Å². The lowest BCUT2D eigenvalue weighted by Crippen LogP contribution is -2.31. The highest BCUT2D eigenvalue weighted by atomic mass is 16.5. The van der Waals surface area contributed by atoms with Crippen LogP contribution in [0.2, 0.25) is 0 Å². The van der Waals surface area contributed by atoms with Gasteiger partial charge in [0.25, 0.3) is 11.7 Å². The summed E-state index contributed by atoms with van der Waals surface area (Å²) in [5.74, 6) is 0.0815. The monoisotopic (exact) mass is 591 g/mol. The Bertz CT molecular complexity index is 1600. The van der Waals surface area contributed by atoms with Gasteiger partial charge in [0.1, 0.15) is 18.1 Å². The minimum atomic E-state index is -0.822. The lowest BCUT2D eigenvalue weighted by molar-refractivity contribution is -0.139. The van der Waals surface area contributed by atoms with Crippen molar-refractivity contribution in [1.82, 2.24) is 4.90 Å². The third-order valence-corrected chi connectivity index (χ3v) is 7.45. The Hall–Kier alpha value is -5.04. The number of Topliss-reactive ketones (excluding diaryl/α,β-unsaturated/α-hetero) is 1. The van der Waals surface area contributed by atoms with E-state index in [4.69, 9.17) is 14.2 Å². The van der Waals surface area contributed by atoms with E-state index in [-0.39, 0.29) is 17.9 Å². The molecule has 5 rings (SSSR count). The number of aliphatic hydroxyl groups is 1. The summed E-state index contributed by atoms with van der Waals surface area (Å²) in [6.07, 6.45) is 1.42. The number of carbonyl (C=O) groups excluding carboxylic acids is 2. The molecular formula is C37H37NO6. The SMILES string of the molecule is CCCOc1ccc(C(O)=C2C(=O)C(=O)N(CCc3ccccc3)C2c2ccc(OCc3ccccc3)c(OCC)c2)cc1. The van der Waals surface area contributed by atoms with Crippen LogP contribution >= 0.6 is 0 Å². The predicted octanol–water partition coefficient (Wildman–Crippen LogP) is 7.12. The number of ketones is 1. The maximum Gasteiger partial charge on any atom is 0.295 e. The van der Waals surface area contributed by atoms with Gasteiger partial charge >= 0.3 is 0 Å². The molecule has 226 valence electrons. The van der Waals surface area contributed by atoms with Crippen molar-refractivity contribution >= 4 is 17.4 Å². The van der Waals surface area contributed by atoms with E-state index >= 15 is 0 Å². The Balaban J connectivity index is 1.53. The van der Waals surface area contributed by atoms with Crippen LogP contribution in [0.25, 0.3) is 5.76 Å². The Morgan fingerprint density at radius 1 is 0.773 bits per heavy atom. The summed E-state index contributed by atoms with van der Waals surface area (Å²) in [5.41, 5.74) is 3.14. The molecule has 0 aromatic heterocycles. The minimum Gasteiger partial charge on any atom is -0.507 e. The normalized spacial score (nSPS) is 15.8. The standard InChI is InChI=1S/C37H37NO6/c1-3-23-43-30-18-15-28(16-19-30)35(39)33-34(38(37(41)36(33)40)22-21-26-11-7-5-8-12-26)29-17-20-31(32(24-29)42-4-2)44-25-27-13-9-6-10-14-27/h5-20,24,34,39H,3-4,21-23,25H2,1-2H3. The highest BCUT2D eigenvalue weighted by molar-refractivity contribution is 6.46. The van der Waals surface area contributed by atoms with Crippen molar-refractivity contribution in [3.8, 4) is 17.2 Å². The van der Waals surface area contributed by atoms with E-state index in [0.29, 0.717) is 54.6 Å². The zero-order valence-electron chi connectivity index (χ0n) is 25.1. The largest absolute Gasteiger partial charge is 0.507 e. The topological polar surface area (TPSA) is 85.3 Å². The highest BCUT2D eigenvalue weighted by Crippen LogP contribution is 2.42. The van der Waals surface area contributed by atoms with E-state index in [0.717, 1.165) is 17.5 Å². The Morgan fingerprint density at radius 2 is 1.45 bits per heavy atom. The average molecular weight is 592 g/mol. The number of aliphatic hydroxyl groups excluding tert-OH is 1. The van der Waals surface area contributed by atoms with Gasteiger partial charge in [0.15, 0.2) is 11.5 Å². The van der Waals surface area contributed by atoms with E-state index in [1.165, 1.54) is 4.90 Å². The molecule has 1 N–H and O–H groups in total. The predicted molar refractivity (Wildman–Crippen MR) is 170 cm³/mol. The van der Waals surface area contributed by atoms with Gasteiger partial charge in [-0.15, -0.1) is 0 Å². The van der Waals surface area contributed by atoms with Crippen molar-refractivity contribution in [3.05, 3.63) is 131 Å². The van der Waals surface area contributed by atoms with Crippen molar-refractivity contribution < 1.29 is 28.9 Å². The third kappa shape index (κ3) is 6.94. The molecule has 1 amide bonds. The smallest absolute Gasteiger partial charge is 0.295 e. The van der Waals surface area contributed by atoms with Crippen LogP contribution in [0.15, 0.2) is 109 Å². The first-order valence-corrected chi connectivity index (χ1v) is 15.0. The molecule has 4 aromatic rings. The number of hydrogen-bond acceptors (Lipinski definition) is 6. The molecule has 0 bridgehead atoms. The van der Waals surface area contributed by atoms with Gasteiger partial charge in [0.2, 0.25) is 0 Å². The van der Waals surface area contributed by atoms with Gasteiger partial charge in [-0.05, 0) is 72.9 Å². The van der Waals surface area contributed by atoms with Gasteiger partial charge in [-0.3, -0.25) is 9.59 Å². The second-order valence-corrected chi connectivity index (χ2v) is 10.5. The Kier molecular flexibility index (Phi) is 9.97. The zero-order valence-corrected chi connectivity index (χ0v) is 25.1. The van der Waals surface area contributed by atoms with Crippen LogP contribution in [-0.2, 0) is 22.6 Å². The number of carbonyl (C=O) groups is 2. The molecule has 1 fully saturated rings. The van der Waals surface area contributed by atoms with Crippen LogP contribution in [0.5, 0.6) is 17.2 Å². The Labute approximate surface area is 258 Å². The first-order chi connectivity index (χ1) is 21.5. The summed E-state index contributed by atoms with van der Waals surface area (Å²) >= 11 is 0. The molecule has 7 nitrogen and oxygen atoms in total.